The van der Waals surface area contributed by atoms with E-state index in [1.807, 2.05) is 18.7 Å². The lowest BCUT2D eigenvalue weighted by Crippen LogP contribution is -2.48. The number of thiophene rings is 1. The topological polar surface area (TPSA) is 29.5 Å². The minimum absolute atomic E-state index is 0.136. The van der Waals surface area contributed by atoms with Crippen molar-refractivity contribution in [3.63, 3.8) is 0 Å². The third-order valence-electron chi connectivity index (χ3n) is 4.34. The van der Waals surface area contributed by atoms with Gasteiger partial charge in [-0.3, -0.25) is 4.79 Å². The SMILES string of the molecule is C[C@@H]1CCc2c(C(=O)N3C[C@@H](C)O[C@H](C)C3)csc2C1. The summed E-state index contributed by atoms with van der Waals surface area (Å²) in [5.41, 5.74) is 2.28. The van der Waals surface area contributed by atoms with Gasteiger partial charge in [-0.15, -0.1) is 11.3 Å². The summed E-state index contributed by atoms with van der Waals surface area (Å²) in [6, 6.07) is 0. The first-order valence-electron chi connectivity index (χ1n) is 7.58. The van der Waals surface area contributed by atoms with Gasteiger partial charge in [-0.25, -0.2) is 0 Å². The van der Waals surface area contributed by atoms with Crippen LogP contribution in [0.4, 0.5) is 0 Å². The maximum atomic E-state index is 12.8. The first kappa shape index (κ1) is 14.1. The van der Waals surface area contributed by atoms with Gasteiger partial charge in [-0.2, -0.15) is 0 Å². The summed E-state index contributed by atoms with van der Waals surface area (Å²) in [5, 5.41) is 2.08. The van der Waals surface area contributed by atoms with E-state index < -0.39 is 0 Å². The molecule has 0 unspecified atom stereocenters. The monoisotopic (exact) mass is 293 g/mol. The number of nitrogens with zero attached hydrogens (tertiary/aromatic N) is 1. The molecule has 1 amide bonds. The van der Waals surface area contributed by atoms with Crippen molar-refractivity contribution in [2.45, 2.75) is 52.2 Å². The standard InChI is InChI=1S/C16H23NO2S/c1-10-4-5-13-14(9-20-15(13)6-10)16(18)17-7-11(2)19-12(3)8-17/h9-12H,4-8H2,1-3H3/t10-,11-,12-/m1/s1. The van der Waals surface area contributed by atoms with Crippen molar-refractivity contribution in [3.05, 3.63) is 21.4 Å². The smallest absolute Gasteiger partial charge is 0.255 e. The number of carbonyl (C=O) groups is 1. The highest BCUT2D eigenvalue weighted by Crippen LogP contribution is 2.33. The Bertz CT molecular complexity index is 501. The molecule has 3 nitrogen and oxygen atoms in total. The van der Waals surface area contributed by atoms with E-state index in [1.54, 1.807) is 11.3 Å². The molecule has 3 atom stereocenters. The highest BCUT2D eigenvalue weighted by Gasteiger charge is 2.30. The molecule has 1 aliphatic carbocycles. The number of fused-ring (bicyclic) bond motifs is 1. The second-order valence-corrected chi connectivity index (χ2v) is 7.33. The summed E-state index contributed by atoms with van der Waals surface area (Å²) >= 11 is 1.77. The van der Waals surface area contributed by atoms with E-state index in [0.717, 1.165) is 24.3 Å². The minimum atomic E-state index is 0.136. The quantitative estimate of drug-likeness (QED) is 0.796. The summed E-state index contributed by atoms with van der Waals surface area (Å²) in [4.78, 5) is 16.2. The fourth-order valence-electron chi connectivity index (χ4n) is 3.37. The summed E-state index contributed by atoms with van der Waals surface area (Å²) in [6.45, 7) is 7.81. The maximum absolute atomic E-state index is 12.8. The lowest BCUT2D eigenvalue weighted by atomic mass is 9.88. The molecule has 4 heteroatoms. The third-order valence-corrected chi connectivity index (χ3v) is 5.39. The molecule has 1 fully saturated rings. The van der Waals surface area contributed by atoms with Crippen LogP contribution in [0.1, 0.15) is 48.0 Å². The molecule has 0 saturated carbocycles. The molecule has 20 heavy (non-hydrogen) atoms. The number of ether oxygens (including phenoxy) is 1. The van der Waals surface area contributed by atoms with Crippen LogP contribution in [0.3, 0.4) is 0 Å². The Labute approximate surface area is 124 Å². The number of amides is 1. The Morgan fingerprint density at radius 1 is 1.30 bits per heavy atom. The van der Waals surface area contributed by atoms with Crippen LogP contribution in [0, 0.1) is 5.92 Å². The lowest BCUT2D eigenvalue weighted by Gasteiger charge is -2.35. The molecule has 2 heterocycles. The lowest BCUT2D eigenvalue weighted by molar-refractivity contribution is -0.0586. The number of rotatable bonds is 1. The van der Waals surface area contributed by atoms with E-state index in [9.17, 15) is 4.79 Å². The van der Waals surface area contributed by atoms with Crippen LogP contribution in [0.15, 0.2) is 5.38 Å². The average molecular weight is 293 g/mol. The van der Waals surface area contributed by atoms with Gasteiger partial charge in [0.1, 0.15) is 0 Å². The molecular formula is C16H23NO2S. The van der Waals surface area contributed by atoms with Gasteiger partial charge in [0.2, 0.25) is 0 Å². The van der Waals surface area contributed by atoms with Crippen LogP contribution in [0.25, 0.3) is 0 Å². The molecule has 2 aliphatic rings. The van der Waals surface area contributed by atoms with Crippen molar-refractivity contribution in [3.8, 4) is 0 Å². The predicted octanol–water partition coefficient (Wildman–Crippen LogP) is 3.12. The van der Waals surface area contributed by atoms with Crippen LogP contribution in [0.2, 0.25) is 0 Å². The Balaban J connectivity index is 1.81. The zero-order valence-electron chi connectivity index (χ0n) is 12.5. The molecule has 110 valence electrons. The molecule has 1 aromatic heterocycles. The number of morpholine rings is 1. The van der Waals surface area contributed by atoms with Gasteiger partial charge < -0.3 is 9.64 Å². The summed E-state index contributed by atoms with van der Waals surface area (Å²) in [6.07, 6.45) is 3.69. The van der Waals surface area contributed by atoms with E-state index in [1.165, 1.54) is 16.9 Å². The summed E-state index contributed by atoms with van der Waals surface area (Å²) in [7, 11) is 0. The Morgan fingerprint density at radius 3 is 2.70 bits per heavy atom. The number of hydrogen-bond donors (Lipinski definition) is 0. The van der Waals surface area contributed by atoms with Gasteiger partial charge in [-0.05, 0) is 44.6 Å². The highest BCUT2D eigenvalue weighted by molar-refractivity contribution is 7.10. The number of carbonyl (C=O) groups excluding carboxylic acids is 1. The van der Waals surface area contributed by atoms with E-state index in [2.05, 4.69) is 12.3 Å². The van der Waals surface area contributed by atoms with E-state index >= 15 is 0 Å². The zero-order valence-corrected chi connectivity index (χ0v) is 13.3. The van der Waals surface area contributed by atoms with E-state index in [-0.39, 0.29) is 18.1 Å². The molecule has 1 aliphatic heterocycles. The molecular weight excluding hydrogens is 270 g/mol. The largest absolute Gasteiger partial charge is 0.372 e. The van der Waals surface area contributed by atoms with Crippen LogP contribution in [-0.2, 0) is 17.6 Å². The fourth-order valence-corrected chi connectivity index (χ4v) is 4.61. The minimum Gasteiger partial charge on any atom is -0.372 e. The second kappa shape index (κ2) is 5.49. The summed E-state index contributed by atoms with van der Waals surface area (Å²) < 4.78 is 5.72. The fraction of sp³-hybridized carbons (Fsp3) is 0.688. The average Bonchev–Trinajstić information content (AvgIpc) is 2.79. The Kier molecular flexibility index (Phi) is 3.87. The molecule has 0 N–H and O–H groups in total. The van der Waals surface area contributed by atoms with Gasteiger partial charge in [0.05, 0.1) is 17.8 Å². The molecule has 3 rings (SSSR count). The van der Waals surface area contributed by atoms with Crippen molar-refractivity contribution >= 4 is 17.2 Å². The summed E-state index contributed by atoms with van der Waals surface area (Å²) in [5.74, 6) is 0.964. The number of hydrogen-bond acceptors (Lipinski definition) is 3. The molecule has 0 bridgehead atoms. The first-order chi connectivity index (χ1) is 9.54. The zero-order chi connectivity index (χ0) is 14.3. The van der Waals surface area contributed by atoms with E-state index in [4.69, 9.17) is 4.74 Å². The normalized spacial score (nSPS) is 30.1. The Morgan fingerprint density at radius 2 is 2.00 bits per heavy atom. The molecule has 0 spiro atoms. The molecule has 1 saturated heterocycles. The highest BCUT2D eigenvalue weighted by atomic mass is 32.1. The molecule has 1 aromatic rings. The van der Waals surface area contributed by atoms with Crippen molar-refractivity contribution in [1.29, 1.82) is 0 Å². The van der Waals surface area contributed by atoms with Gasteiger partial charge in [0.15, 0.2) is 0 Å². The van der Waals surface area contributed by atoms with Gasteiger partial charge >= 0.3 is 0 Å². The molecule has 0 aromatic carbocycles. The van der Waals surface area contributed by atoms with Crippen molar-refractivity contribution < 1.29 is 9.53 Å². The van der Waals surface area contributed by atoms with Gasteiger partial charge in [0, 0.05) is 23.3 Å². The second-order valence-electron chi connectivity index (χ2n) is 6.37. The predicted molar refractivity (Wildman–Crippen MR) is 81.4 cm³/mol. The van der Waals surface area contributed by atoms with Gasteiger partial charge in [0.25, 0.3) is 5.91 Å². The van der Waals surface area contributed by atoms with Crippen molar-refractivity contribution in [2.24, 2.45) is 5.92 Å². The van der Waals surface area contributed by atoms with Gasteiger partial charge in [-0.1, -0.05) is 6.92 Å². The molecule has 0 radical (unpaired) electrons. The van der Waals surface area contributed by atoms with Crippen LogP contribution in [-0.4, -0.2) is 36.1 Å². The van der Waals surface area contributed by atoms with E-state index in [0.29, 0.717) is 13.1 Å². The maximum Gasteiger partial charge on any atom is 0.255 e. The Hall–Kier alpha value is -0.870. The van der Waals surface area contributed by atoms with Crippen molar-refractivity contribution in [2.75, 3.05) is 13.1 Å². The van der Waals surface area contributed by atoms with Crippen molar-refractivity contribution in [1.82, 2.24) is 4.90 Å². The van der Waals surface area contributed by atoms with Crippen LogP contribution < -0.4 is 0 Å². The first-order valence-corrected chi connectivity index (χ1v) is 8.46. The van der Waals surface area contributed by atoms with Crippen LogP contribution in [0.5, 0.6) is 0 Å². The van der Waals surface area contributed by atoms with Crippen LogP contribution >= 0.6 is 11.3 Å². The third kappa shape index (κ3) is 2.63.